The molecule has 2 N–H and O–H groups in total. The van der Waals surface area contributed by atoms with Crippen LogP contribution in [0.3, 0.4) is 0 Å². The molecule has 0 spiro atoms. The van der Waals surface area contributed by atoms with Crippen LogP contribution in [0.2, 0.25) is 0 Å². The molecule has 4 nitrogen and oxygen atoms in total. The summed E-state index contributed by atoms with van der Waals surface area (Å²) in [6, 6.07) is 1.40. The van der Waals surface area contributed by atoms with Crippen molar-refractivity contribution in [2.45, 2.75) is 51.2 Å². The molecule has 1 aromatic heterocycles. The van der Waals surface area contributed by atoms with Crippen molar-refractivity contribution in [1.82, 2.24) is 20.2 Å². The fourth-order valence-corrected chi connectivity index (χ4v) is 3.24. The number of likely N-dealkylation sites (tertiary alicyclic amines) is 1. The zero-order valence-corrected chi connectivity index (χ0v) is 10.6. The number of imidazole rings is 1. The highest BCUT2D eigenvalue weighted by molar-refractivity contribution is 5.16. The maximum Gasteiger partial charge on any atom is 0.0925 e. The van der Waals surface area contributed by atoms with Gasteiger partial charge in [0.2, 0.25) is 0 Å². The number of nitrogens with one attached hydrogen (secondary N) is 2. The van der Waals surface area contributed by atoms with Crippen LogP contribution in [-0.2, 0) is 13.0 Å². The summed E-state index contributed by atoms with van der Waals surface area (Å²) in [5, 5.41) is 3.62. The van der Waals surface area contributed by atoms with Gasteiger partial charge in [-0.25, -0.2) is 4.98 Å². The van der Waals surface area contributed by atoms with Crippen molar-refractivity contribution in [3.63, 3.8) is 0 Å². The maximum absolute atomic E-state index is 4.41. The standard InChI is InChI=1S/C13H22N4/c1-2-11-4-3-5-17(11)8-10-6-12-13(7-14-10)16-9-15-12/h9-11,14H,2-8H2,1H3,(H,15,16). The average molecular weight is 234 g/mol. The minimum absolute atomic E-state index is 0.581. The van der Waals surface area contributed by atoms with Crippen LogP contribution in [0.5, 0.6) is 0 Å². The van der Waals surface area contributed by atoms with Crippen LogP contribution in [0.4, 0.5) is 0 Å². The molecule has 3 heterocycles. The van der Waals surface area contributed by atoms with E-state index in [1.807, 2.05) is 6.33 Å². The molecule has 2 aliphatic heterocycles. The summed E-state index contributed by atoms with van der Waals surface area (Å²) in [6.45, 7) is 5.72. The molecule has 0 bridgehead atoms. The van der Waals surface area contributed by atoms with Gasteiger partial charge in [-0.1, -0.05) is 6.92 Å². The predicted octanol–water partition coefficient (Wildman–Crippen LogP) is 1.30. The molecule has 3 rings (SSSR count). The number of hydrogen-bond acceptors (Lipinski definition) is 3. The molecule has 1 aromatic rings. The molecule has 0 saturated carbocycles. The zero-order valence-electron chi connectivity index (χ0n) is 10.6. The van der Waals surface area contributed by atoms with Crippen molar-refractivity contribution in [3.05, 3.63) is 17.7 Å². The number of aromatic amines is 1. The first-order valence-electron chi connectivity index (χ1n) is 6.85. The molecular weight excluding hydrogens is 212 g/mol. The molecule has 0 aromatic carbocycles. The van der Waals surface area contributed by atoms with Gasteiger partial charge in [0, 0.05) is 31.6 Å². The minimum atomic E-state index is 0.581. The lowest BCUT2D eigenvalue weighted by Crippen LogP contribution is -2.46. The van der Waals surface area contributed by atoms with E-state index < -0.39 is 0 Å². The molecule has 17 heavy (non-hydrogen) atoms. The van der Waals surface area contributed by atoms with Gasteiger partial charge >= 0.3 is 0 Å². The van der Waals surface area contributed by atoms with Crippen LogP contribution in [0.15, 0.2) is 6.33 Å². The van der Waals surface area contributed by atoms with Gasteiger partial charge in [0.25, 0.3) is 0 Å². The van der Waals surface area contributed by atoms with Crippen LogP contribution in [-0.4, -0.2) is 40.0 Å². The number of aromatic nitrogens is 2. The monoisotopic (exact) mass is 234 g/mol. The van der Waals surface area contributed by atoms with Crippen LogP contribution in [0.25, 0.3) is 0 Å². The lowest BCUT2D eigenvalue weighted by molar-refractivity contribution is 0.215. The van der Waals surface area contributed by atoms with Gasteiger partial charge in [-0.15, -0.1) is 0 Å². The average Bonchev–Trinajstić information content (AvgIpc) is 2.96. The summed E-state index contributed by atoms with van der Waals surface area (Å²) in [6.07, 6.45) is 6.95. The number of hydrogen-bond donors (Lipinski definition) is 2. The van der Waals surface area contributed by atoms with Crippen molar-refractivity contribution < 1.29 is 0 Å². The molecule has 4 heteroatoms. The highest BCUT2D eigenvalue weighted by atomic mass is 15.2. The van der Waals surface area contributed by atoms with Gasteiger partial charge in [-0.2, -0.15) is 0 Å². The molecule has 2 unspecified atom stereocenters. The summed E-state index contributed by atoms with van der Waals surface area (Å²) in [5.41, 5.74) is 2.54. The fourth-order valence-electron chi connectivity index (χ4n) is 3.24. The molecule has 1 saturated heterocycles. The van der Waals surface area contributed by atoms with Gasteiger partial charge in [0.05, 0.1) is 17.7 Å². The van der Waals surface area contributed by atoms with Crippen LogP contribution in [0.1, 0.15) is 37.6 Å². The van der Waals surface area contributed by atoms with Gasteiger partial charge < -0.3 is 10.3 Å². The smallest absolute Gasteiger partial charge is 0.0925 e. The van der Waals surface area contributed by atoms with E-state index in [9.17, 15) is 0 Å². The topological polar surface area (TPSA) is 44.0 Å². The summed E-state index contributed by atoms with van der Waals surface area (Å²) in [5.74, 6) is 0. The Hall–Kier alpha value is -0.870. The highest BCUT2D eigenvalue weighted by Crippen LogP contribution is 2.21. The SMILES string of the molecule is CCC1CCCN1CC1Cc2nc[nH]c2CN1. The van der Waals surface area contributed by atoms with Crippen LogP contribution in [0, 0.1) is 0 Å². The molecule has 94 valence electrons. The molecule has 0 amide bonds. The van der Waals surface area contributed by atoms with E-state index in [1.54, 1.807) is 0 Å². The Morgan fingerprint density at radius 3 is 3.35 bits per heavy atom. The van der Waals surface area contributed by atoms with Gasteiger partial charge in [0.15, 0.2) is 0 Å². The number of fused-ring (bicyclic) bond motifs is 1. The van der Waals surface area contributed by atoms with Gasteiger partial charge in [-0.05, 0) is 25.8 Å². The van der Waals surface area contributed by atoms with Crippen LogP contribution >= 0.6 is 0 Å². The largest absolute Gasteiger partial charge is 0.347 e. The lowest BCUT2D eigenvalue weighted by atomic mass is 10.0. The third-order valence-electron chi connectivity index (χ3n) is 4.24. The van der Waals surface area contributed by atoms with Gasteiger partial charge in [-0.3, -0.25) is 4.90 Å². The van der Waals surface area contributed by atoms with E-state index in [-0.39, 0.29) is 0 Å². The molecular formula is C13H22N4. The second-order valence-corrected chi connectivity index (χ2v) is 5.31. The third-order valence-corrected chi connectivity index (χ3v) is 4.24. The Morgan fingerprint density at radius 1 is 1.53 bits per heavy atom. The molecule has 1 fully saturated rings. The molecule has 0 aliphatic carbocycles. The van der Waals surface area contributed by atoms with Gasteiger partial charge in [0.1, 0.15) is 0 Å². The minimum Gasteiger partial charge on any atom is -0.347 e. The van der Waals surface area contributed by atoms with Crippen molar-refractivity contribution in [1.29, 1.82) is 0 Å². The second kappa shape index (κ2) is 4.78. The normalized spacial score (nSPS) is 29.5. The Balaban J connectivity index is 1.60. The quantitative estimate of drug-likeness (QED) is 0.828. The Kier molecular flexibility index (Phi) is 3.16. The van der Waals surface area contributed by atoms with E-state index in [0.717, 1.165) is 19.0 Å². The molecule has 0 radical (unpaired) electrons. The third kappa shape index (κ3) is 2.24. The molecule has 2 atom stereocenters. The Bertz CT molecular complexity index is 373. The first-order chi connectivity index (χ1) is 8.36. The predicted molar refractivity (Wildman–Crippen MR) is 67.8 cm³/mol. The lowest BCUT2D eigenvalue weighted by Gasteiger charge is -2.30. The Labute approximate surface area is 103 Å². The first kappa shape index (κ1) is 11.2. The summed E-state index contributed by atoms with van der Waals surface area (Å²) in [4.78, 5) is 10.3. The van der Waals surface area contributed by atoms with Crippen molar-refractivity contribution >= 4 is 0 Å². The summed E-state index contributed by atoms with van der Waals surface area (Å²) in [7, 11) is 0. The van der Waals surface area contributed by atoms with Crippen molar-refractivity contribution in [2.75, 3.05) is 13.1 Å². The van der Waals surface area contributed by atoms with Crippen molar-refractivity contribution in [3.8, 4) is 0 Å². The number of rotatable bonds is 3. The van der Waals surface area contributed by atoms with E-state index in [1.165, 1.54) is 43.7 Å². The maximum atomic E-state index is 4.41. The van der Waals surface area contributed by atoms with E-state index in [2.05, 4.69) is 27.1 Å². The van der Waals surface area contributed by atoms with Crippen molar-refractivity contribution in [2.24, 2.45) is 0 Å². The fraction of sp³-hybridized carbons (Fsp3) is 0.769. The van der Waals surface area contributed by atoms with Crippen LogP contribution < -0.4 is 5.32 Å². The highest BCUT2D eigenvalue weighted by Gasteiger charge is 2.27. The summed E-state index contributed by atoms with van der Waals surface area (Å²) >= 11 is 0. The molecule has 2 aliphatic rings. The number of nitrogens with zero attached hydrogens (tertiary/aromatic N) is 2. The first-order valence-corrected chi connectivity index (χ1v) is 6.85. The second-order valence-electron chi connectivity index (χ2n) is 5.31. The Morgan fingerprint density at radius 2 is 2.47 bits per heavy atom. The van der Waals surface area contributed by atoms with E-state index in [4.69, 9.17) is 0 Å². The zero-order chi connectivity index (χ0) is 11.7. The summed E-state index contributed by atoms with van der Waals surface area (Å²) < 4.78 is 0. The van der Waals surface area contributed by atoms with E-state index >= 15 is 0 Å². The number of H-pyrrole nitrogens is 1. The van der Waals surface area contributed by atoms with E-state index in [0.29, 0.717) is 6.04 Å².